The lowest BCUT2D eigenvalue weighted by Gasteiger charge is -2.18. The van der Waals surface area contributed by atoms with Crippen LogP contribution in [0.15, 0.2) is 102 Å². The Hall–Kier alpha value is -5.86. The molecular weight excluding hydrogens is 771 g/mol. The van der Waals surface area contributed by atoms with Crippen LogP contribution in [0.4, 0.5) is 5.13 Å². The molecule has 304 valence electrons. The van der Waals surface area contributed by atoms with Crippen molar-refractivity contribution in [3.8, 4) is 23.0 Å². The van der Waals surface area contributed by atoms with Crippen molar-refractivity contribution in [2.75, 3.05) is 45.1 Å². The molecule has 2 fully saturated rings. The second-order valence-corrected chi connectivity index (χ2v) is 15.6. The van der Waals surface area contributed by atoms with Crippen molar-refractivity contribution in [1.29, 1.82) is 0 Å². The minimum Gasteiger partial charge on any atom is -0.493 e. The number of ether oxygens (including phenoxy) is 6. The number of aryl methyl sites for hydroxylation is 1. The number of para-hydroxylation sites is 1. The number of anilines is 1. The standard InChI is InChI=1S/C46H45N3O9S/c1-29-8-15-38(35(22-29)27-47-49(18-19-50)46-48-37-6-3-4-7-43(37)59-46)57-45(52)34-13-17-39(41(26-34)53-2)58-44(51)33-11-10-32-25-36(14-12-31(32)24-33)55-21-5-20-54-28-30-9-16-40-42(23-30)56-40/h3-4,6-8,10-15,17,22,24-27,30,40,42,50H,5,9,16,18-21,23,28H2,1-2H3/b47-27+. The average Bonchev–Trinajstić information content (AvgIpc) is 3.90. The van der Waals surface area contributed by atoms with Gasteiger partial charge in [0, 0.05) is 25.2 Å². The number of benzene rings is 5. The number of aromatic nitrogens is 1. The lowest BCUT2D eigenvalue weighted by Crippen LogP contribution is -2.20. The molecule has 1 saturated heterocycles. The zero-order chi connectivity index (χ0) is 40.7. The molecule has 8 rings (SSSR count). The van der Waals surface area contributed by atoms with Crippen LogP contribution in [0, 0.1) is 12.8 Å². The summed E-state index contributed by atoms with van der Waals surface area (Å²) in [6.45, 7) is 4.00. The second-order valence-electron chi connectivity index (χ2n) is 14.6. The zero-order valence-electron chi connectivity index (χ0n) is 32.9. The number of nitrogens with zero attached hydrogens (tertiary/aromatic N) is 3. The van der Waals surface area contributed by atoms with E-state index < -0.39 is 11.9 Å². The number of carbonyl (C=O) groups is 2. The molecule has 1 N–H and O–H groups in total. The van der Waals surface area contributed by atoms with Crippen molar-refractivity contribution in [3.63, 3.8) is 0 Å². The Kier molecular flexibility index (Phi) is 12.4. The Labute approximate surface area is 345 Å². The van der Waals surface area contributed by atoms with Crippen LogP contribution in [0.5, 0.6) is 23.0 Å². The number of aliphatic hydroxyl groups excluding tert-OH is 1. The summed E-state index contributed by atoms with van der Waals surface area (Å²) >= 11 is 1.46. The Balaban J connectivity index is 0.868. The van der Waals surface area contributed by atoms with Crippen molar-refractivity contribution in [1.82, 2.24) is 4.98 Å². The molecule has 1 aliphatic heterocycles. The smallest absolute Gasteiger partial charge is 0.343 e. The number of hydrogen-bond donors (Lipinski definition) is 1. The fraction of sp³-hybridized carbons (Fsp3) is 0.304. The van der Waals surface area contributed by atoms with Crippen molar-refractivity contribution >= 4 is 55.6 Å². The molecule has 6 aromatic rings. The van der Waals surface area contributed by atoms with Gasteiger partial charge in [0.25, 0.3) is 0 Å². The van der Waals surface area contributed by atoms with Crippen LogP contribution >= 0.6 is 11.3 Å². The van der Waals surface area contributed by atoms with E-state index in [1.165, 1.54) is 43.1 Å². The molecule has 59 heavy (non-hydrogen) atoms. The molecule has 2 heterocycles. The minimum atomic E-state index is -0.647. The number of thiazole rings is 1. The van der Waals surface area contributed by atoms with Gasteiger partial charge in [-0.15, -0.1) is 0 Å². The van der Waals surface area contributed by atoms with Gasteiger partial charge in [-0.05, 0) is 110 Å². The van der Waals surface area contributed by atoms with E-state index in [-0.39, 0.29) is 36.0 Å². The van der Waals surface area contributed by atoms with Crippen LogP contribution in [-0.4, -0.2) is 80.5 Å². The SMILES string of the molecule is COc1cc(C(=O)Oc2ccc(C)cc2/C=N/N(CCO)c2nc3ccccc3s2)ccc1OC(=O)c1ccc2cc(OCCCOCC3CCC4OC4C3)ccc2c1. The molecule has 2 aliphatic rings. The molecule has 0 bridgehead atoms. The maximum Gasteiger partial charge on any atom is 0.343 e. The zero-order valence-corrected chi connectivity index (χ0v) is 33.7. The summed E-state index contributed by atoms with van der Waals surface area (Å²) in [7, 11) is 1.43. The van der Waals surface area contributed by atoms with Gasteiger partial charge in [0.2, 0.25) is 5.13 Å². The second kappa shape index (κ2) is 18.4. The first-order chi connectivity index (χ1) is 28.8. The molecule has 3 atom stereocenters. The number of esters is 2. The number of aliphatic hydroxyl groups is 1. The lowest BCUT2D eigenvalue weighted by molar-refractivity contribution is 0.0728. The average molecular weight is 816 g/mol. The van der Waals surface area contributed by atoms with Gasteiger partial charge in [0.15, 0.2) is 11.5 Å². The van der Waals surface area contributed by atoms with E-state index in [1.54, 1.807) is 29.4 Å². The highest BCUT2D eigenvalue weighted by Gasteiger charge is 2.43. The minimum absolute atomic E-state index is 0.135. The predicted octanol–water partition coefficient (Wildman–Crippen LogP) is 8.39. The highest BCUT2D eigenvalue weighted by Crippen LogP contribution is 2.39. The van der Waals surface area contributed by atoms with Crippen LogP contribution in [0.1, 0.15) is 57.5 Å². The Morgan fingerprint density at radius 1 is 0.881 bits per heavy atom. The van der Waals surface area contributed by atoms with Crippen molar-refractivity contribution in [3.05, 3.63) is 119 Å². The molecule has 12 nitrogen and oxygen atoms in total. The summed E-state index contributed by atoms with van der Waals surface area (Å²) in [5.41, 5.74) is 2.86. The van der Waals surface area contributed by atoms with E-state index in [2.05, 4.69) is 10.1 Å². The molecule has 5 aromatic carbocycles. The molecule has 13 heteroatoms. The van der Waals surface area contributed by atoms with E-state index in [0.717, 1.165) is 58.2 Å². The Morgan fingerprint density at radius 2 is 1.66 bits per heavy atom. The van der Waals surface area contributed by atoms with Crippen LogP contribution in [0.2, 0.25) is 0 Å². The highest BCUT2D eigenvalue weighted by atomic mass is 32.1. The fourth-order valence-electron chi connectivity index (χ4n) is 7.14. The summed E-state index contributed by atoms with van der Waals surface area (Å²) < 4.78 is 35.6. The number of rotatable bonds is 17. The third-order valence-corrected chi connectivity index (χ3v) is 11.4. The summed E-state index contributed by atoms with van der Waals surface area (Å²) in [5, 5.41) is 18.4. The molecular formula is C46H45N3O9S. The third kappa shape index (κ3) is 9.89. The fourth-order valence-corrected chi connectivity index (χ4v) is 8.09. The van der Waals surface area contributed by atoms with Gasteiger partial charge in [-0.1, -0.05) is 47.2 Å². The van der Waals surface area contributed by atoms with Crippen LogP contribution in [-0.2, 0) is 9.47 Å². The summed E-state index contributed by atoms with van der Waals surface area (Å²) in [6.07, 6.45) is 6.82. The molecule has 0 spiro atoms. The Morgan fingerprint density at radius 3 is 2.49 bits per heavy atom. The molecule has 0 amide bonds. The van der Waals surface area contributed by atoms with Gasteiger partial charge in [-0.25, -0.2) is 19.6 Å². The van der Waals surface area contributed by atoms with E-state index in [4.69, 9.17) is 28.4 Å². The van der Waals surface area contributed by atoms with Gasteiger partial charge in [-0.3, -0.25) is 0 Å². The number of epoxide rings is 1. The van der Waals surface area contributed by atoms with Crippen LogP contribution in [0.3, 0.4) is 0 Å². The van der Waals surface area contributed by atoms with Gasteiger partial charge >= 0.3 is 11.9 Å². The summed E-state index contributed by atoms with van der Waals surface area (Å²) in [5.74, 6) is 0.729. The number of hydrogen-bond acceptors (Lipinski definition) is 13. The third-order valence-electron chi connectivity index (χ3n) is 10.3. The van der Waals surface area contributed by atoms with E-state index >= 15 is 0 Å². The summed E-state index contributed by atoms with van der Waals surface area (Å²) in [6, 6.07) is 28.7. The van der Waals surface area contributed by atoms with E-state index in [0.29, 0.717) is 47.6 Å². The molecule has 1 aromatic heterocycles. The monoisotopic (exact) mass is 815 g/mol. The van der Waals surface area contributed by atoms with Gasteiger partial charge in [0.1, 0.15) is 11.5 Å². The first-order valence-corrected chi connectivity index (χ1v) is 20.6. The largest absolute Gasteiger partial charge is 0.493 e. The first kappa shape index (κ1) is 39.9. The predicted molar refractivity (Wildman–Crippen MR) is 227 cm³/mol. The number of hydrazone groups is 1. The lowest BCUT2D eigenvalue weighted by atomic mass is 9.90. The first-order valence-electron chi connectivity index (χ1n) is 19.7. The van der Waals surface area contributed by atoms with E-state index in [1.807, 2.05) is 67.6 Å². The molecule has 0 radical (unpaired) electrons. The van der Waals surface area contributed by atoms with Gasteiger partial charge in [-0.2, -0.15) is 5.10 Å². The van der Waals surface area contributed by atoms with E-state index in [9.17, 15) is 14.7 Å². The topological polar surface area (TPSA) is 142 Å². The quantitative estimate of drug-likeness (QED) is 0.0237. The molecule has 1 saturated carbocycles. The molecule has 3 unspecified atom stereocenters. The number of carbonyl (C=O) groups excluding carboxylic acids is 2. The normalized spacial score (nSPS) is 17.2. The highest BCUT2D eigenvalue weighted by molar-refractivity contribution is 7.22. The van der Waals surface area contributed by atoms with Crippen LogP contribution < -0.4 is 24.0 Å². The number of fused-ring (bicyclic) bond motifs is 3. The maximum absolute atomic E-state index is 13.4. The Bertz CT molecular complexity index is 2450. The summed E-state index contributed by atoms with van der Waals surface area (Å²) in [4.78, 5) is 31.4. The van der Waals surface area contributed by atoms with Crippen molar-refractivity contribution in [2.24, 2.45) is 11.0 Å². The van der Waals surface area contributed by atoms with Crippen LogP contribution in [0.25, 0.3) is 21.0 Å². The maximum atomic E-state index is 13.4. The van der Waals surface area contributed by atoms with Gasteiger partial charge in [0.05, 0.1) is 66.6 Å². The van der Waals surface area contributed by atoms with Crippen molar-refractivity contribution < 1.29 is 43.1 Å². The molecule has 1 aliphatic carbocycles. The van der Waals surface area contributed by atoms with Crippen molar-refractivity contribution in [2.45, 2.75) is 44.8 Å². The number of methoxy groups -OCH3 is 1. The van der Waals surface area contributed by atoms with Gasteiger partial charge < -0.3 is 33.5 Å².